The monoisotopic (exact) mass is 225 g/mol. The third-order valence-electron chi connectivity index (χ3n) is 3.63. The first-order valence-electron chi connectivity index (χ1n) is 5.17. The fourth-order valence-corrected chi connectivity index (χ4v) is 2.75. The molecule has 3 heteroatoms. The van der Waals surface area contributed by atoms with Gasteiger partial charge in [-0.05, 0) is 41.5 Å². The molecule has 0 unspecified atom stereocenters. The molecule has 2 atom stereocenters. The lowest BCUT2D eigenvalue weighted by Crippen LogP contribution is -2.05. The molecular formula is C12H16ClNO. The number of hydrogen-bond donors (Lipinski definition) is 2. The third-order valence-corrected chi connectivity index (χ3v) is 3.87. The van der Waals surface area contributed by atoms with Gasteiger partial charge in [-0.25, -0.2) is 0 Å². The maximum absolute atomic E-state index is 9.82. The van der Waals surface area contributed by atoms with Crippen LogP contribution in [0.3, 0.4) is 0 Å². The van der Waals surface area contributed by atoms with Gasteiger partial charge >= 0.3 is 0 Å². The van der Waals surface area contributed by atoms with E-state index in [1.54, 1.807) is 6.07 Å². The fraction of sp³-hybridized carbons (Fsp3) is 0.500. The summed E-state index contributed by atoms with van der Waals surface area (Å²) in [4.78, 5) is 0. The van der Waals surface area contributed by atoms with E-state index < -0.39 is 0 Å². The average molecular weight is 226 g/mol. The lowest BCUT2D eigenvalue weighted by Gasteiger charge is -2.06. The first-order chi connectivity index (χ1) is 6.98. The van der Waals surface area contributed by atoms with Crippen molar-refractivity contribution in [2.45, 2.75) is 19.8 Å². The molecule has 0 bridgehead atoms. The van der Waals surface area contributed by atoms with Gasteiger partial charge in [-0.1, -0.05) is 31.5 Å². The van der Waals surface area contributed by atoms with E-state index in [-0.39, 0.29) is 11.2 Å². The Morgan fingerprint density at radius 3 is 2.60 bits per heavy atom. The van der Waals surface area contributed by atoms with Crippen LogP contribution in [0.25, 0.3) is 0 Å². The standard InChI is InChI=1S/C12H16ClNO/c1-12(2)9(6-14)11(12)8-4-3-7(13)5-10(8)15/h3-5,9,11,15H,6,14H2,1-2H3/t9-,11-/m1/s1. The van der Waals surface area contributed by atoms with Gasteiger partial charge < -0.3 is 10.8 Å². The third kappa shape index (κ3) is 1.62. The van der Waals surface area contributed by atoms with Crippen LogP contribution in [0.1, 0.15) is 25.3 Å². The van der Waals surface area contributed by atoms with E-state index in [1.807, 2.05) is 12.1 Å². The molecule has 0 heterocycles. The van der Waals surface area contributed by atoms with Gasteiger partial charge in [-0.3, -0.25) is 0 Å². The molecule has 1 aliphatic rings. The summed E-state index contributed by atoms with van der Waals surface area (Å²) in [5, 5.41) is 10.4. The zero-order valence-corrected chi connectivity index (χ0v) is 9.75. The molecule has 0 spiro atoms. The van der Waals surface area contributed by atoms with E-state index in [4.69, 9.17) is 17.3 Å². The molecular weight excluding hydrogens is 210 g/mol. The average Bonchev–Trinajstić information content (AvgIpc) is 2.68. The summed E-state index contributed by atoms with van der Waals surface area (Å²) in [6, 6.07) is 5.32. The van der Waals surface area contributed by atoms with Crippen LogP contribution in [0.4, 0.5) is 0 Å². The number of phenolic OH excluding ortho intramolecular Hbond substituents is 1. The Hall–Kier alpha value is -0.730. The minimum atomic E-state index is 0.195. The summed E-state index contributed by atoms with van der Waals surface area (Å²) >= 11 is 5.80. The maximum Gasteiger partial charge on any atom is 0.120 e. The SMILES string of the molecule is CC1(C)[C@H](CN)[C@H]1c1ccc(Cl)cc1O. The molecule has 1 aliphatic carbocycles. The highest BCUT2D eigenvalue weighted by Crippen LogP contribution is 2.65. The van der Waals surface area contributed by atoms with Crippen LogP contribution >= 0.6 is 11.6 Å². The predicted octanol–water partition coefficient (Wildman–Crippen LogP) is 2.74. The summed E-state index contributed by atoms with van der Waals surface area (Å²) in [5.74, 6) is 1.11. The number of nitrogens with two attached hydrogens (primary N) is 1. The summed E-state index contributed by atoms with van der Waals surface area (Å²) in [5.41, 5.74) is 6.88. The number of aromatic hydroxyl groups is 1. The summed E-state index contributed by atoms with van der Waals surface area (Å²) in [7, 11) is 0. The minimum Gasteiger partial charge on any atom is -0.508 e. The fourth-order valence-electron chi connectivity index (χ4n) is 2.58. The number of benzene rings is 1. The van der Waals surface area contributed by atoms with E-state index in [1.165, 1.54) is 0 Å². The number of rotatable bonds is 2. The largest absolute Gasteiger partial charge is 0.508 e. The molecule has 2 rings (SSSR count). The van der Waals surface area contributed by atoms with Crippen molar-refractivity contribution in [1.82, 2.24) is 0 Å². The van der Waals surface area contributed by atoms with Crippen LogP contribution in [0.2, 0.25) is 5.02 Å². The van der Waals surface area contributed by atoms with Crippen LogP contribution in [0.5, 0.6) is 5.75 Å². The highest BCUT2D eigenvalue weighted by atomic mass is 35.5. The van der Waals surface area contributed by atoms with Crippen molar-refractivity contribution in [2.75, 3.05) is 6.54 Å². The zero-order chi connectivity index (χ0) is 11.2. The zero-order valence-electron chi connectivity index (χ0n) is 9.00. The van der Waals surface area contributed by atoms with Crippen LogP contribution in [0.15, 0.2) is 18.2 Å². The lowest BCUT2D eigenvalue weighted by atomic mass is 10.0. The van der Waals surface area contributed by atoms with Crippen molar-refractivity contribution in [3.8, 4) is 5.75 Å². The Labute approximate surface area is 95.1 Å². The number of hydrogen-bond acceptors (Lipinski definition) is 2. The molecule has 0 aliphatic heterocycles. The highest BCUT2D eigenvalue weighted by molar-refractivity contribution is 6.30. The van der Waals surface area contributed by atoms with Gasteiger partial charge in [0, 0.05) is 5.02 Å². The highest BCUT2D eigenvalue weighted by Gasteiger charge is 2.57. The van der Waals surface area contributed by atoms with Gasteiger partial charge in [0.05, 0.1) is 0 Å². The van der Waals surface area contributed by atoms with Crippen molar-refractivity contribution in [1.29, 1.82) is 0 Å². The van der Waals surface area contributed by atoms with E-state index in [9.17, 15) is 5.11 Å². The smallest absolute Gasteiger partial charge is 0.120 e. The Morgan fingerprint density at radius 2 is 2.13 bits per heavy atom. The topological polar surface area (TPSA) is 46.2 Å². The van der Waals surface area contributed by atoms with Gasteiger partial charge in [0.25, 0.3) is 0 Å². The van der Waals surface area contributed by atoms with Crippen molar-refractivity contribution in [3.05, 3.63) is 28.8 Å². The molecule has 0 amide bonds. The van der Waals surface area contributed by atoms with E-state index in [0.29, 0.717) is 23.4 Å². The van der Waals surface area contributed by atoms with Gasteiger partial charge in [0.2, 0.25) is 0 Å². The summed E-state index contributed by atoms with van der Waals surface area (Å²) in [6.07, 6.45) is 0. The van der Waals surface area contributed by atoms with Crippen LogP contribution in [0, 0.1) is 11.3 Å². The normalized spacial score (nSPS) is 27.7. The van der Waals surface area contributed by atoms with E-state index >= 15 is 0 Å². The maximum atomic E-state index is 9.82. The summed E-state index contributed by atoms with van der Waals surface area (Å²) < 4.78 is 0. The molecule has 2 nitrogen and oxygen atoms in total. The predicted molar refractivity (Wildman–Crippen MR) is 62.2 cm³/mol. The molecule has 0 radical (unpaired) electrons. The first kappa shape index (κ1) is 10.8. The Bertz CT molecular complexity index is 389. The van der Waals surface area contributed by atoms with E-state index in [2.05, 4.69) is 13.8 Å². The van der Waals surface area contributed by atoms with Gasteiger partial charge in [0.15, 0.2) is 0 Å². The molecule has 1 saturated carbocycles. The number of halogens is 1. The van der Waals surface area contributed by atoms with Crippen molar-refractivity contribution in [2.24, 2.45) is 17.1 Å². The molecule has 1 aromatic rings. The van der Waals surface area contributed by atoms with Crippen LogP contribution in [-0.2, 0) is 0 Å². The molecule has 0 aromatic heterocycles. The Balaban J connectivity index is 2.33. The van der Waals surface area contributed by atoms with Crippen molar-refractivity contribution in [3.63, 3.8) is 0 Å². The quantitative estimate of drug-likeness (QED) is 0.813. The molecule has 15 heavy (non-hydrogen) atoms. The second kappa shape index (κ2) is 3.39. The lowest BCUT2D eigenvalue weighted by molar-refractivity contribution is 0.464. The van der Waals surface area contributed by atoms with Gasteiger partial charge in [-0.2, -0.15) is 0 Å². The molecule has 1 fully saturated rings. The Kier molecular flexibility index (Phi) is 2.44. The molecule has 3 N–H and O–H groups in total. The Morgan fingerprint density at radius 1 is 1.47 bits per heavy atom. The van der Waals surface area contributed by atoms with E-state index in [0.717, 1.165) is 5.56 Å². The van der Waals surface area contributed by atoms with Crippen LogP contribution < -0.4 is 5.73 Å². The second-order valence-electron chi connectivity index (χ2n) is 4.84. The molecule has 1 aromatic carbocycles. The van der Waals surface area contributed by atoms with Crippen LogP contribution in [-0.4, -0.2) is 11.7 Å². The minimum absolute atomic E-state index is 0.195. The molecule has 82 valence electrons. The van der Waals surface area contributed by atoms with Gasteiger partial charge in [-0.15, -0.1) is 0 Å². The summed E-state index contributed by atoms with van der Waals surface area (Å²) in [6.45, 7) is 5.03. The second-order valence-corrected chi connectivity index (χ2v) is 5.28. The van der Waals surface area contributed by atoms with Gasteiger partial charge in [0.1, 0.15) is 5.75 Å². The van der Waals surface area contributed by atoms with Crippen molar-refractivity contribution < 1.29 is 5.11 Å². The first-order valence-corrected chi connectivity index (χ1v) is 5.54. The molecule has 0 saturated heterocycles. The van der Waals surface area contributed by atoms with Crippen molar-refractivity contribution >= 4 is 11.6 Å². The number of phenols is 1.